The maximum Gasteiger partial charge on any atom is 0.425 e. The second kappa shape index (κ2) is 13.7. The highest BCUT2D eigenvalue weighted by Gasteiger charge is 2.42. The van der Waals surface area contributed by atoms with Crippen molar-refractivity contribution < 1.29 is 31.9 Å². The Hall–Kier alpha value is -4.06. The fourth-order valence-electron chi connectivity index (χ4n) is 3.89. The molecule has 0 saturated heterocycles. The molecule has 3 rings (SSSR count). The van der Waals surface area contributed by atoms with Gasteiger partial charge in [-0.3, -0.25) is 0 Å². The molecule has 1 heterocycles. The Bertz CT molecular complexity index is 1230. The molecular formula is C27H32F3N5O4. The van der Waals surface area contributed by atoms with Crippen molar-refractivity contribution in [2.75, 3.05) is 30.3 Å². The largest absolute Gasteiger partial charge is 0.444 e. The fourth-order valence-corrected chi connectivity index (χ4v) is 3.89. The third-order valence-corrected chi connectivity index (χ3v) is 6.02. The molecule has 0 fully saturated rings. The van der Waals surface area contributed by atoms with E-state index in [2.05, 4.69) is 25.7 Å². The molecule has 3 N–H and O–H groups in total. The van der Waals surface area contributed by atoms with E-state index in [0.29, 0.717) is 35.8 Å². The number of hydrogen-bond donors (Lipinski definition) is 3. The number of alkyl halides is 3. The Balaban J connectivity index is 1.52. The number of ether oxygens (including phenoxy) is 1. The number of urea groups is 1. The Morgan fingerprint density at radius 2 is 1.79 bits per heavy atom. The average Bonchev–Trinajstić information content (AvgIpc) is 3.41. The monoisotopic (exact) mass is 547 g/mol. The number of halogens is 3. The van der Waals surface area contributed by atoms with Gasteiger partial charge in [0.1, 0.15) is 0 Å². The van der Waals surface area contributed by atoms with E-state index in [1.807, 2.05) is 31.7 Å². The van der Waals surface area contributed by atoms with Gasteiger partial charge in [0.2, 0.25) is 0 Å². The van der Waals surface area contributed by atoms with Crippen LogP contribution in [0.2, 0.25) is 0 Å². The van der Waals surface area contributed by atoms with Gasteiger partial charge in [-0.25, -0.2) is 14.6 Å². The van der Waals surface area contributed by atoms with E-state index in [-0.39, 0.29) is 19.5 Å². The molecule has 0 radical (unpaired) electrons. The fraction of sp³-hybridized carbons (Fsp3) is 0.370. The summed E-state index contributed by atoms with van der Waals surface area (Å²) in [6, 6.07) is 11.4. The normalized spacial score (nSPS) is 12.2. The standard InChI is InChI=1S/C27H32F3N5O4/c1-4-35(5-2)12-11-24(27(28,29)30)39-26(37)32-15-19-7-6-8-20(14-19)33-25(36)34-21-9-10-22(18(3)13-21)23-16-31-17-38-23/h6-10,13-14,16-17,24H,4-5,11-12,15H2,1-3H3,(H,32,37)(H2,33,34,36). The zero-order valence-electron chi connectivity index (χ0n) is 22.0. The predicted molar refractivity (Wildman–Crippen MR) is 141 cm³/mol. The van der Waals surface area contributed by atoms with Crippen molar-refractivity contribution in [1.82, 2.24) is 15.2 Å². The van der Waals surface area contributed by atoms with Crippen LogP contribution in [0.1, 0.15) is 31.4 Å². The minimum Gasteiger partial charge on any atom is -0.444 e. The van der Waals surface area contributed by atoms with Crippen LogP contribution < -0.4 is 16.0 Å². The number of alkyl carbamates (subject to hydrolysis) is 1. The molecule has 39 heavy (non-hydrogen) atoms. The van der Waals surface area contributed by atoms with Crippen LogP contribution in [-0.2, 0) is 11.3 Å². The van der Waals surface area contributed by atoms with E-state index < -0.39 is 24.4 Å². The van der Waals surface area contributed by atoms with E-state index in [1.54, 1.807) is 42.6 Å². The summed E-state index contributed by atoms with van der Waals surface area (Å²) in [6.45, 7) is 6.86. The summed E-state index contributed by atoms with van der Waals surface area (Å²) in [6.07, 6.45) is -5.45. The van der Waals surface area contributed by atoms with Gasteiger partial charge < -0.3 is 30.0 Å². The Kier molecular flexibility index (Phi) is 10.3. The molecule has 3 aromatic rings. The number of oxazole rings is 1. The van der Waals surface area contributed by atoms with Crippen molar-refractivity contribution in [3.8, 4) is 11.3 Å². The van der Waals surface area contributed by atoms with E-state index in [9.17, 15) is 22.8 Å². The van der Waals surface area contributed by atoms with Crippen LogP contribution in [0.5, 0.6) is 0 Å². The highest BCUT2D eigenvalue weighted by atomic mass is 19.4. The van der Waals surface area contributed by atoms with Crippen LogP contribution in [0.3, 0.4) is 0 Å². The summed E-state index contributed by atoms with van der Waals surface area (Å²) in [5.41, 5.74) is 3.29. The van der Waals surface area contributed by atoms with Crippen molar-refractivity contribution in [2.45, 2.75) is 46.0 Å². The number of carbonyl (C=O) groups excluding carboxylic acids is 2. The lowest BCUT2D eigenvalue weighted by atomic mass is 10.1. The van der Waals surface area contributed by atoms with E-state index in [0.717, 1.165) is 11.1 Å². The van der Waals surface area contributed by atoms with Crippen LogP contribution in [0.25, 0.3) is 11.3 Å². The number of carbonyl (C=O) groups is 2. The number of anilines is 2. The summed E-state index contributed by atoms with van der Waals surface area (Å²) < 4.78 is 50.1. The molecule has 3 amide bonds. The highest BCUT2D eigenvalue weighted by molar-refractivity contribution is 6.00. The number of hydrogen-bond acceptors (Lipinski definition) is 6. The number of rotatable bonds is 11. The molecule has 210 valence electrons. The molecule has 1 aromatic heterocycles. The maximum atomic E-state index is 13.4. The zero-order chi connectivity index (χ0) is 28.4. The Morgan fingerprint density at radius 3 is 2.41 bits per heavy atom. The first-order valence-corrected chi connectivity index (χ1v) is 12.5. The van der Waals surface area contributed by atoms with E-state index in [1.165, 1.54) is 6.39 Å². The van der Waals surface area contributed by atoms with Gasteiger partial charge in [0.15, 0.2) is 18.3 Å². The first-order chi connectivity index (χ1) is 18.6. The van der Waals surface area contributed by atoms with Gasteiger partial charge in [-0.15, -0.1) is 0 Å². The van der Waals surface area contributed by atoms with E-state index >= 15 is 0 Å². The molecule has 0 aliphatic carbocycles. The third-order valence-electron chi connectivity index (χ3n) is 6.02. The lowest BCUT2D eigenvalue weighted by Gasteiger charge is -2.24. The molecule has 2 aromatic carbocycles. The van der Waals surface area contributed by atoms with Crippen LogP contribution in [0.4, 0.5) is 34.1 Å². The third kappa shape index (κ3) is 9.02. The molecular weight excluding hydrogens is 515 g/mol. The molecule has 0 aliphatic heterocycles. The molecule has 1 atom stereocenters. The van der Waals surface area contributed by atoms with E-state index in [4.69, 9.17) is 4.42 Å². The van der Waals surface area contributed by atoms with Crippen molar-refractivity contribution in [3.63, 3.8) is 0 Å². The summed E-state index contributed by atoms with van der Waals surface area (Å²) in [4.78, 5) is 30.3. The van der Waals surface area contributed by atoms with Crippen molar-refractivity contribution in [2.24, 2.45) is 0 Å². The molecule has 12 heteroatoms. The van der Waals surface area contributed by atoms with Gasteiger partial charge in [-0.2, -0.15) is 13.2 Å². The SMILES string of the molecule is CCN(CC)CCC(OC(=O)NCc1cccc(NC(=O)Nc2ccc(-c3cnco3)c(C)c2)c1)C(F)(F)F. The van der Waals surface area contributed by atoms with Gasteiger partial charge in [0.05, 0.1) is 6.20 Å². The van der Waals surface area contributed by atoms with Gasteiger partial charge in [-0.05, 0) is 61.5 Å². The molecule has 0 aliphatic rings. The first kappa shape index (κ1) is 29.5. The van der Waals surface area contributed by atoms with Gasteiger partial charge in [0, 0.05) is 36.4 Å². The zero-order valence-corrected chi connectivity index (χ0v) is 22.0. The second-order valence-corrected chi connectivity index (χ2v) is 8.78. The summed E-state index contributed by atoms with van der Waals surface area (Å²) in [5, 5.41) is 7.78. The number of nitrogens with one attached hydrogen (secondary N) is 3. The highest BCUT2D eigenvalue weighted by Crippen LogP contribution is 2.27. The lowest BCUT2D eigenvalue weighted by Crippen LogP contribution is -2.40. The Labute approximate surface area is 224 Å². The summed E-state index contributed by atoms with van der Waals surface area (Å²) in [5.74, 6) is 0.617. The minimum atomic E-state index is -4.67. The van der Waals surface area contributed by atoms with Gasteiger partial charge >= 0.3 is 18.3 Å². The molecule has 1 unspecified atom stereocenters. The molecule has 0 bridgehead atoms. The van der Waals surface area contributed by atoms with Crippen LogP contribution in [0, 0.1) is 6.92 Å². The van der Waals surface area contributed by atoms with Crippen molar-refractivity contribution >= 4 is 23.5 Å². The molecule has 0 spiro atoms. The summed E-state index contributed by atoms with van der Waals surface area (Å²) in [7, 11) is 0. The van der Waals surface area contributed by atoms with Gasteiger partial charge in [-0.1, -0.05) is 26.0 Å². The van der Waals surface area contributed by atoms with Crippen molar-refractivity contribution in [3.05, 3.63) is 66.2 Å². The summed E-state index contributed by atoms with van der Waals surface area (Å²) >= 11 is 0. The van der Waals surface area contributed by atoms with Crippen LogP contribution in [-0.4, -0.2) is 53.9 Å². The molecule has 9 nitrogen and oxygen atoms in total. The topological polar surface area (TPSA) is 109 Å². The number of nitrogens with zero attached hydrogens (tertiary/aromatic N) is 2. The van der Waals surface area contributed by atoms with Gasteiger partial charge in [0.25, 0.3) is 0 Å². The molecule has 0 saturated carbocycles. The number of amides is 3. The average molecular weight is 548 g/mol. The predicted octanol–water partition coefficient (Wildman–Crippen LogP) is 6.18. The second-order valence-electron chi connectivity index (χ2n) is 8.78. The number of benzene rings is 2. The van der Waals surface area contributed by atoms with Crippen LogP contribution in [0.15, 0.2) is 59.5 Å². The van der Waals surface area contributed by atoms with Crippen molar-refractivity contribution in [1.29, 1.82) is 0 Å². The minimum absolute atomic E-state index is 0.0844. The van der Waals surface area contributed by atoms with Crippen LogP contribution >= 0.6 is 0 Å². The maximum absolute atomic E-state index is 13.4. The number of aromatic nitrogens is 1. The lowest BCUT2D eigenvalue weighted by molar-refractivity contribution is -0.205. The first-order valence-electron chi connectivity index (χ1n) is 12.5. The number of aryl methyl sites for hydroxylation is 1. The smallest absolute Gasteiger partial charge is 0.425 e. The quantitative estimate of drug-likeness (QED) is 0.264. The Morgan fingerprint density at radius 1 is 1.08 bits per heavy atom.